The number of thiazole rings is 1. The van der Waals surface area contributed by atoms with Crippen LogP contribution in [-0.4, -0.2) is 24.0 Å². The van der Waals surface area contributed by atoms with Gasteiger partial charge in [0.05, 0.1) is 23.2 Å². The number of nitrogens with one attached hydrogen (secondary N) is 2. The van der Waals surface area contributed by atoms with Gasteiger partial charge in [-0.3, -0.25) is 9.27 Å². The number of amides is 1. The SMILES string of the molecule is C=C(C)OC(=O)N[C@@H](Cc1ccc(NS(=O)(=O)O)cc1)c1nc(C(=C)C)cs1. The standard InChI is InChI=1S/C18H21N3O5S2/c1-11(2)16-10-27-17(19-16)15(20-18(22)26-12(3)4)9-13-5-7-14(8-6-13)21-28(23,24)25/h5-8,10,15,21H,1,3,9H2,2,4H3,(H,20,22)(H,23,24,25)/t15-/m0/s1. The largest absolute Gasteiger partial charge is 0.416 e. The number of aromatic nitrogens is 1. The van der Waals surface area contributed by atoms with Gasteiger partial charge in [0.1, 0.15) is 5.01 Å². The van der Waals surface area contributed by atoms with Crippen LogP contribution in [0.4, 0.5) is 10.5 Å². The van der Waals surface area contributed by atoms with Gasteiger partial charge in [-0.25, -0.2) is 9.78 Å². The topological polar surface area (TPSA) is 118 Å². The van der Waals surface area contributed by atoms with Crippen molar-refractivity contribution in [3.8, 4) is 0 Å². The van der Waals surface area contributed by atoms with Gasteiger partial charge < -0.3 is 10.1 Å². The molecule has 0 fully saturated rings. The van der Waals surface area contributed by atoms with Crippen LogP contribution in [0.2, 0.25) is 0 Å². The molecule has 1 aromatic carbocycles. The third-order valence-corrected chi connectivity index (χ3v) is 4.91. The number of allylic oxidation sites excluding steroid dienone is 2. The van der Waals surface area contributed by atoms with Crippen LogP contribution in [0.5, 0.6) is 0 Å². The minimum Gasteiger partial charge on any atom is -0.416 e. The van der Waals surface area contributed by atoms with E-state index in [9.17, 15) is 13.2 Å². The average Bonchev–Trinajstić information content (AvgIpc) is 3.04. The first-order valence-corrected chi connectivity index (χ1v) is 10.4. The van der Waals surface area contributed by atoms with E-state index in [1.807, 2.05) is 17.0 Å². The minimum atomic E-state index is -4.34. The van der Waals surface area contributed by atoms with Crippen molar-refractivity contribution in [2.24, 2.45) is 0 Å². The summed E-state index contributed by atoms with van der Waals surface area (Å²) in [5.74, 6) is 0.263. The molecule has 2 aromatic rings. The van der Waals surface area contributed by atoms with Gasteiger partial charge in [0.2, 0.25) is 0 Å². The number of hydrogen-bond donors (Lipinski definition) is 3. The number of anilines is 1. The van der Waals surface area contributed by atoms with Gasteiger partial charge in [-0.05, 0) is 43.5 Å². The van der Waals surface area contributed by atoms with E-state index in [1.165, 1.54) is 23.5 Å². The fourth-order valence-electron chi connectivity index (χ4n) is 2.27. The average molecular weight is 424 g/mol. The Morgan fingerprint density at radius 3 is 2.43 bits per heavy atom. The van der Waals surface area contributed by atoms with Gasteiger partial charge >= 0.3 is 16.4 Å². The molecule has 0 radical (unpaired) electrons. The molecule has 0 aliphatic carbocycles. The lowest BCUT2D eigenvalue weighted by Crippen LogP contribution is -2.30. The van der Waals surface area contributed by atoms with E-state index in [4.69, 9.17) is 9.29 Å². The summed E-state index contributed by atoms with van der Waals surface area (Å²) in [5.41, 5.74) is 2.59. The van der Waals surface area contributed by atoms with Crippen molar-refractivity contribution < 1.29 is 22.5 Å². The number of nitrogens with zero attached hydrogens (tertiary/aromatic N) is 1. The van der Waals surface area contributed by atoms with E-state index < -0.39 is 22.4 Å². The normalized spacial score (nSPS) is 12.1. The molecule has 1 aromatic heterocycles. The smallest absolute Gasteiger partial charge is 0.412 e. The first-order chi connectivity index (χ1) is 13.0. The number of alkyl carbamates (subject to hydrolysis) is 1. The molecule has 8 nitrogen and oxygen atoms in total. The molecule has 0 unspecified atom stereocenters. The van der Waals surface area contributed by atoms with Crippen LogP contribution in [0.1, 0.15) is 36.2 Å². The predicted octanol–water partition coefficient (Wildman–Crippen LogP) is 3.93. The molecule has 1 amide bonds. The van der Waals surface area contributed by atoms with Gasteiger partial charge in [0.25, 0.3) is 0 Å². The Morgan fingerprint density at radius 2 is 1.93 bits per heavy atom. The Bertz CT molecular complexity index is 981. The molecular formula is C18H21N3O5S2. The second-order valence-electron chi connectivity index (χ2n) is 6.12. The first-order valence-electron chi connectivity index (χ1n) is 8.13. The first kappa shape index (κ1) is 21.6. The lowest BCUT2D eigenvalue weighted by atomic mass is 10.1. The zero-order valence-corrected chi connectivity index (χ0v) is 17.1. The number of benzene rings is 1. The van der Waals surface area contributed by atoms with Crippen LogP contribution in [0.15, 0.2) is 48.6 Å². The molecular weight excluding hydrogens is 402 g/mol. The molecule has 10 heteroatoms. The Hall–Kier alpha value is -2.69. The molecule has 150 valence electrons. The Balaban J connectivity index is 2.21. The second-order valence-corrected chi connectivity index (χ2v) is 8.16. The minimum absolute atomic E-state index is 0.219. The van der Waals surface area contributed by atoms with E-state index in [2.05, 4.69) is 23.5 Å². The summed E-state index contributed by atoms with van der Waals surface area (Å²) in [6.07, 6.45) is -0.255. The van der Waals surface area contributed by atoms with Crippen LogP contribution < -0.4 is 10.0 Å². The van der Waals surface area contributed by atoms with Gasteiger partial charge in [-0.15, -0.1) is 11.3 Å². The Morgan fingerprint density at radius 1 is 1.29 bits per heavy atom. The molecule has 0 aliphatic rings. The van der Waals surface area contributed by atoms with Crippen LogP contribution in [0, 0.1) is 0 Å². The van der Waals surface area contributed by atoms with Crippen molar-refractivity contribution in [1.29, 1.82) is 0 Å². The number of ether oxygens (including phenoxy) is 1. The van der Waals surface area contributed by atoms with Crippen LogP contribution >= 0.6 is 11.3 Å². The van der Waals surface area contributed by atoms with Crippen molar-refractivity contribution in [1.82, 2.24) is 10.3 Å². The molecule has 1 atom stereocenters. The lowest BCUT2D eigenvalue weighted by Gasteiger charge is -2.17. The number of carbonyl (C=O) groups excluding carboxylic acids is 1. The molecule has 0 bridgehead atoms. The summed E-state index contributed by atoms with van der Waals surface area (Å²) in [6, 6.07) is 5.91. The molecule has 3 N–H and O–H groups in total. The Kier molecular flexibility index (Phi) is 6.95. The third-order valence-electron chi connectivity index (χ3n) is 3.46. The van der Waals surface area contributed by atoms with Gasteiger partial charge in [-0.2, -0.15) is 8.42 Å². The maximum absolute atomic E-state index is 12.0. The van der Waals surface area contributed by atoms with Crippen molar-refractivity contribution >= 4 is 39.0 Å². The van der Waals surface area contributed by atoms with E-state index >= 15 is 0 Å². The number of hydrogen-bond acceptors (Lipinski definition) is 6. The number of carbonyl (C=O) groups is 1. The number of rotatable bonds is 8. The zero-order chi connectivity index (χ0) is 20.9. The quantitative estimate of drug-likeness (QED) is 0.437. The summed E-state index contributed by atoms with van der Waals surface area (Å²) in [5, 5.41) is 5.30. The molecule has 0 saturated heterocycles. The Labute approximate surface area is 167 Å². The van der Waals surface area contributed by atoms with Gasteiger partial charge in [0, 0.05) is 5.38 Å². The molecule has 1 heterocycles. The highest BCUT2D eigenvalue weighted by Crippen LogP contribution is 2.25. The van der Waals surface area contributed by atoms with Crippen LogP contribution in [-0.2, 0) is 21.5 Å². The molecule has 0 aliphatic heterocycles. The highest BCUT2D eigenvalue weighted by molar-refractivity contribution is 7.87. The summed E-state index contributed by atoms with van der Waals surface area (Å²) in [4.78, 5) is 16.5. The van der Waals surface area contributed by atoms with Crippen LogP contribution in [0.25, 0.3) is 5.57 Å². The summed E-state index contributed by atoms with van der Waals surface area (Å²) in [7, 11) is -4.34. The molecule has 2 rings (SSSR count). The van der Waals surface area contributed by atoms with Crippen molar-refractivity contribution in [3.63, 3.8) is 0 Å². The highest BCUT2D eigenvalue weighted by atomic mass is 32.2. The third kappa shape index (κ3) is 6.80. The fraction of sp³-hybridized carbons (Fsp3) is 0.222. The molecule has 0 spiro atoms. The van der Waals surface area contributed by atoms with E-state index in [-0.39, 0.29) is 11.4 Å². The summed E-state index contributed by atoms with van der Waals surface area (Å²) in [6.45, 7) is 10.8. The predicted molar refractivity (Wildman–Crippen MR) is 109 cm³/mol. The van der Waals surface area contributed by atoms with E-state index in [0.717, 1.165) is 16.8 Å². The van der Waals surface area contributed by atoms with E-state index in [0.29, 0.717) is 11.4 Å². The maximum Gasteiger partial charge on any atom is 0.412 e. The monoisotopic (exact) mass is 423 g/mol. The van der Waals surface area contributed by atoms with Crippen LogP contribution in [0.3, 0.4) is 0 Å². The van der Waals surface area contributed by atoms with E-state index in [1.54, 1.807) is 19.1 Å². The second kappa shape index (κ2) is 9.00. The molecule has 0 saturated carbocycles. The van der Waals surface area contributed by atoms with Crippen molar-refractivity contribution in [2.75, 3.05) is 4.72 Å². The maximum atomic E-state index is 12.0. The zero-order valence-electron chi connectivity index (χ0n) is 15.4. The van der Waals surface area contributed by atoms with Crippen molar-refractivity contribution in [3.05, 3.63) is 64.8 Å². The lowest BCUT2D eigenvalue weighted by molar-refractivity contribution is 0.172. The van der Waals surface area contributed by atoms with Gasteiger partial charge in [-0.1, -0.05) is 25.3 Å². The molecule has 28 heavy (non-hydrogen) atoms. The fourth-order valence-corrected chi connectivity index (χ4v) is 3.65. The highest BCUT2D eigenvalue weighted by Gasteiger charge is 2.20. The van der Waals surface area contributed by atoms with Crippen molar-refractivity contribution in [2.45, 2.75) is 26.3 Å². The van der Waals surface area contributed by atoms with Gasteiger partial charge in [0.15, 0.2) is 0 Å². The summed E-state index contributed by atoms with van der Waals surface area (Å²) < 4.78 is 37.5. The summed E-state index contributed by atoms with van der Waals surface area (Å²) >= 11 is 1.39.